The van der Waals surface area contributed by atoms with E-state index in [0.29, 0.717) is 5.82 Å². The van der Waals surface area contributed by atoms with Crippen LogP contribution in [0.3, 0.4) is 0 Å². The van der Waals surface area contributed by atoms with Gasteiger partial charge in [0.15, 0.2) is 11.6 Å². The number of piperazine rings is 1. The number of hydrogen-bond donors (Lipinski definition) is 2. The van der Waals surface area contributed by atoms with Crippen LogP contribution in [0.15, 0.2) is 6.07 Å². The number of carboxylic acids is 1. The molecule has 3 N–H and O–H groups in total. The topological polar surface area (TPSA) is 95.6 Å². The fourth-order valence-electron chi connectivity index (χ4n) is 1.75. The lowest BCUT2D eigenvalue weighted by Crippen LogP contribution is -2.45. The number of rotatable bonds is 2. The van der Waals surface area contributed by atoms with Crippen molar-refractivity contribution < 1.29 is 9.90 Å². The molecule has 92 valence electrons. The normalized spacial score (nSPS) is 17.1. The van der Waals surface area contributed by atoms with Gasteiger partial charge in [-0.1, -0.05) is 0 Å². The van der Waals surface area contributed by atoms with Crippen LogP contribution in [0.4, 0.5) is 11.6 Å². The van der Waals surface area contributed by atoms with Crippen LogP contribution in [0.2, 0.25) is 0 Å². The Hall–Kier alpha value is -1.89. The highest BCUT2D eigenvalue weighted by Crippen LogP contribution is 2.17. The minimum atomic E-state index is -1.08. The molecule has 1 aliphatic rings. The van der Waals surface area contributed by atoms with Crippen LogP contribution < -0.4 is 10.6 Å². The summed E-state index contributed by atoms with van der Waals surface area (Å²) in [6, 6.07) is 1.48. The second-order valence-electron chi connectivity index (χ2n) is 4.10. The van der Waals surface area contributed by atoms with E-state index in [2.05, 4.69) is 22.1 Å². The highest BCUT2D eigenvalue weighted by atomic mass is 16.4. The Morgan fingerprint density at radius 3 is 2.59 bits per heavy atom. The van der Waals surface area contributed by atoms with E-state index in [1.165, 1.54) is 6.07 Å². The number of nitrogens with two attached hydrogens (primary N) is 1. The first-order chi connectivity index (χ1) is 8.08. The van der Waals surface area contributed by atoms with E-state index >= 15 is 0 Å². The van der Waals surface area contributed by atoms with Gasteiger partial charge in [-0.25, -0.2) is 4.79 Å². The predicted octanol–water partition coefficient (Wildman–Crippen LogP) is -0.491. The van der Waals surface area contributed by atoms with Gasteiger partial charge in [0.1, 0.15) is 5.56 Å². The number of aromatic nitrogens is 2. The molecule has 1 saturated heterocycles. The number of carbonyl (C=O) groups is 1. The van der Waals surface area contributed by atoms with Gasteiger partial charge < -0.3 is 20.6 Å². The van der Waals surface area contributed by atoms with Crippen molar-refractivity contribution in [2.75, 3.05) is 43.9 Å². The van der Waals surface area contributed by atoms with E-state index in [1.807, 2.05) is 4.90 Å². The maximum atomic E-state index is 10.9. The van der Waals surface area contributed by atoms with Crippen molar-refractivity contribution in [3.05, 3.63) is 11.6 Å². The van der Waals surface area contributed by atoms with Crippen molar-refractivity contribution in [1.82, 2.24) is 15.1 Å². The van der Waals surface area contributed by atoms with Gasteiger partial charge in [0, 0.05) is 32.2 Å². The average molecular weight is 237 g/mol. The van der Waals surface area contributed by atoms with Crippen molar-refractivity contribution in [2.45, 2.75) is 0 Å². The standard InChI is InChI=1S/C10H15N5O2/c1-14-2-4-15(5-3-14)8-6-7(10(16)17)9(11)13-12-8/h6H,2-5H2,1H3,(H2,11,13)(H,16,17). The summed E-state index contributed by atoms with van der Waals surface area (Å²) in [5.74, 6) is -0.548. The molecule has 7 nitrogen and oxygen atoms in total. The molecule has 0 aromatic carbocycles. The van der Waals surface area contributed by atoms with Crippen LogP contribution in [0.25, 0.3) is 0 Å². The summed E-state index contributed by atoms with van der Waals surface area (Å²) >= 11 is 0. The summed E-state index contributed by atoms with van der Waals surface area (Å²) in [6.45, 7) is 3.48. The SMILES string of the molecule is CN1CCN(c2cc(C(=O)O)c(N)nn2)CC1. The van der Waals surface area contributed by atoms with Crippen LogP contribution in [0.1, 0.15) is 10.4 Å². The first kappa shape index (κ1) is 11.6. The zero-order chi connectivity index (χ0) is 12.4. The second kappa shape index (κ2) is 4.54. The number of nitrogen functional groups attached to an aromatic ring is 1. The molecule has 0 saturated carbocycles. The lowest BCUT2D eigenvalue weighted by molar-refractivity contribution is 0.0697. The number of anilines is 2. The Morgan fingerprint density at radius 2 is 2.00 bits per heavy atom. The average Bonchev–Trinajstić information content (AvgIpc) is 2.30. The van der Waals surface area contributed by atoms with Crippen molar-refractivity contribution in [3.8, 4) is 0 Å². The zero-order valence-corrected chi connectivity index (χ0v) is 9.63. The van der Waals surface area contributed by atoms with E-state index in [1.54, 1.807) is 0 Å². The lowest BCUT2D eigenvalue weighted by atomic mass is 10.2. The molecule has 0 spiro atoms. The quantitative estimate of drug-likeness (QED) is 0.716. The number of aromatic carboxylic acids is 1. The van der Waals surface area contributed by atoms with E-state index in [9.17, 15) is 4.79 Å². The van der Waals surface area contributed by atoms with Crippen molar-refractivity contribution >= 4 is 17.6 Å². The van der Waals surface area contributed by atoms with Crippen LogP contribution in [-0.2, 0) is 0 Å². The first-order valence-corrected chi connectivity index (χ1v) is 5.38. The van der Waals surface area contributed by atoms with Crippen LogP contribution in [0, 0.1) is 0 Å². The zero-order valence-electron chi connectivity index (χ0n) is 9.63. The monoisotopic (exact) mass is 237 g/mol. The summed E-state index contributed by atoms with van der Waals surface area (Å²) in [4.78, 5) is 15.2. The minimum Gasteiger partial charge on any atom is -0.478 e. The predicted molar refractivity (Wildman–Crippen MR) is 63.1 cm³/mol. The third kappa shape index (κ3) is 2.44. The summed E-state index contributed by atoms with van der Waals surface area (Å²) in [5.41, 5.74) is 5.47. The molecule has 0 unspecified atom stereocenters. The number of hydrogen-bond acceptors (Lipinski definition) is 6. The summed E-state index contributed by atoms with van der Waals surface area (Å²) in [5, 5.41) is 16.6. The molecule has 0 aliphatic carbocycles. The fourth-order valence-corrected chi connectivity index (χ4v) is 1.75. The Balaban J connectivity index is 2.21. The molecule has 1 fully saturated rings. The van der Waals surface area contributed by atoms with Gasteiger partial charge >= 0.3 is 5.97 Å². The Morgan fingerprint density at radius 1 is 1.35 bits per heavy atom. The third-order valence-corrected chi connectivity index (χ3v) is 2.87. The number of nitrogens with zero attached hydrogens (tertiary/aromatic N) is 4. The highest BCUT2D eigenvalue weighted by Gasteiger charge is 2.18. The molecule has 7 heteroatoms. The molecule has 2 heterocycles. The molecule has 2 rings (SSSR count). The van der Waals surface area contributed by atoms with Gasteiger partial charge in [0.25, 0.3) is 0 Å². The largest absolute Gasteiger partial charge is 0.478 e. The van der Waals surface area contributed by atoms with E-state index in [-0.39, 0.29) is 11.4 Å². The summed E-state index contributed by atoms with van der Waals surface area (Å²) < 4.78 is 0. The minimum absolute atomic E-state index is 0.00827. The van der Waals surface area contributed by atoms with Crippen molar-refractivity contribution in [2.24, 2.45) is 0 Å². The Labute approximate surface area is 98.8 Å². The van der Waals surface area contributed by atoms with Gasteiger partial charge in [0.05, 0.1) is 0 Å². The maximum absolute atomic E-state index is 10.9. The van der Waals surface area contributed by atoms with Crippen LogP contribution in [-0.4, -0.2) is 59.4 Å². The molecule has 1 aliphatic heterocycles. The Kier molecular flexibility index (Phi) is 3.10. The second-order valence-corrected chi connectivity index (χ2v) is 4.10. The lowest BCUT2D eigenvalue weighted by Gasteiger charge is -2.32. The van der Waals surface area contributed by atoms with Crippen LogP contribution >= 0.6 is 0 Å². The highest BCUT2D eigenvalue weighted by molar-refractivity contribution is 5.93. The summed E-state index contributed by atoms with van der Waals surface area (Å²) in [6.07, 6.45) is 0. The molecular formula is C10H15N5O2. The van der Waals surface area contributed by atoms with Crippen LogP contribution in [0.5, 0.6) is 0 Å². The number of carboxylic acid groups (broad SMARTS) is 1. The molecular weight excluding hydrogens is 222 g/mol. The molecule has 0 radical (unpaired) electrons. The van der Waals surface area contributed by atoms with Crippen molar-refractivity contribution in [1.29, 1.82) is 0 Å². The van der Waals surface area contributed by atoms with Gasteiger partial charge in [0.2, 0.25) is 0 Å². The van der Waals surface area contributed by atoms with E-state index in [4.69, 9.17) is 10.8 Å². The maximum Gasteiger partial charge on any atom is 0.339 e. The number of likely N-dealkylation sites (N-methyl/N-ethyl adjacent to an activating group) is 1. The smallest absolute Gasteiger partial charge is 0.339 e. The van der Waals surface area contributed by atoms with E-state index < -0.39 is 5.97 Å². The van der Waals surface area contributed by atoms with Gasteiger partial charge in [-0.2, -0.15) is 0 Å². The summed E-state index contributed by atoms with van der Waals surface area (Å²) in [7, 11) is 2.05. The molecule has 0 amide bonds. The molecule has 1 aromatic rings. The molecule has 1 aromatic heterocycles. The van der Waals surface area contributed by atoms with Gasteiger partial charge in [-0.05, 0) is 7.05 Å². The fraction of sp³-hybridized carbons (Fsp3) is 0.500. The molecule has 0 atom stereocenters. The molecule has 0 bridgehead atoms. The van der Waals surface area contributed by atoms with Crippen molar-refractivity contribution in [3.63, 3.8) is 0 Å². The first-order valence-electron chi connectivity index (χ1n) is 5.38. The Bertz CT molecular complexity index is 429. The van der Waals surface area contributed by atoms with E-state index in [0.717, 1.165) is 26.2 Å². The molecule has 17 heavy (non-hydrogen) atoms. The third-order valence-electron chi connectivity index (χ3n) is 2.87. The van der Waals surface area contributed by atoms with Gasteiger partial charge in [-0.3, -0.25) is 0 Å². The van der Waals surface area contributed by atoms with Gasteiger partial charge in [-0.15, -0.1) is 10.2 Å².